The molecule has 1 saturated heterocycles. The van der Waals surface area contributed by atoms with Crippen molar-refractivity contribution in [3.05, 3.63) is 41.6 Å². The van der Waals surface area contributed by atoms with Crippen LogP contribution < -0.4 is 10.2 Å². The van der Waals surface area contributed by atoms with Crippen molar-refractivity contribution in [3.63, 3.8) is 0 Å². The molecule has 1 atom stereocenters. The highest BCUT2D eigenvalue weighted by molar-refractivity contribution is 5.79. The minimum Gasteiger partial charge on any atom is -0.356 e. The monoisotopic (exact) mass is 376 g/mol. The average molecular weight is 377 g/mol. The molecule has 0 bridgehead atoms. The van der Waals surface area contributed by atoms with Gasteiger partial charge in [0.05, 0.1) is 5.92 Å². The summed E-state index contributed by atoms with van der Waals surface area (Å²) in [6, 6.07) is 10.2. The van der Waals surface area contributed by atoms with E-state index in [2.05, 4.69) is 22.3 Å². The molecule has 1 aromatic carbocycles. The van der Waals surface area contributed by atoms with E-state index in [0.717, 1.165) is 74.9 Å². The van der Waals surface area contributed by atoms with Crippen LogP contribution >= 0.6 is 0 Å². The highest BCUT2D eigenvalue weighted by Crippen LogP contribution is 2.34. The number of rotatable bonds is 5. The summed E-state index contributed by atoms with van der Waals surface area (Å²) in [6.45, 7) is 2.61. The van der Waals surface area contributed by atoms with Crippen molar-refractivity contribution < 1.29 is 4.79 Å². The summed E-state index contributed by atoms with van der Waals surface area (Å²) < 4.78 is 0. The van der Waals surface area contributed by atoms with Gasteiger partial charge >= 0.3 is 0 Å². The van der Waals surface area contributed by atoms with E-state index in [0.29, 0.717) is 0 Å². The van der Waals surface area contributed by atoms with Gasteiger partial charge in [-0.2, -0.15) is 0 Å². The van der Waals surface area contributed by atoms with Crippen LogP contribution in [-0.2, 0) is 17.6 Å². The maximum absolute atomic E-state index is 12.7. The number of anilines is 1. The third-order valence-electron chi connectivity index (χ3n) is 6.30. The molecule has 0 radical (unpaired) electrons. The molecule has 28 heavy (non-hydrogen) atoms. The number of hydrogen-bond acceptors (Lipinski definition) is 4. The minimum absolute atomic E-state index is 0.0692. The number of hydrogen-bond donors (Lipinski definition) is 1. The number of fused-ring (bicyclic) bond motifs is 1. The number of carbonyl (C=O) groups is 1. The second-order valence-corrected chi connectivity index (χ2v) is 8.49. The second-order valence-electron chi connectivity index (χ2n) is 8.49. The van der Waals surface area contributed by atoms with Crippen LogP contribution in [-0.4, -0.2) is 35.5 Å². The van der Waals surface area contributed by atoms with Crippen LogP contribution in [0.1, 0.15) is 43.4 Å². The van der Waals surface area contributed by atoms with Gasteiger partial charge in [-0.15, -0.1) is 0 Å². The highest BCUT2D eigenvalue weighted by atomic mass is 16.1. The van der Waals surface area contributed by atoms with E-state index in [-0.39, 0.29) is 11.8 Å². The van der Waals surface area contributed by atoms with Gasteiger partial charge in [-0.05, 0) is 50.9 Å². The second kappa shape index (κ2) is 7.53. The molecular formula is C23H28N4O. The zero-order valence-corrected chi connectivity index (χ0v) is 16.4. The molecule has 1 aliphatic heterocycles. The molecule has 1 saturated carbocycles. The number of piperidine rings is 1. The summed E-state index contributed by atoms with van der Waals surface area (Å²) in [4.78, 5) is 24.9. The van der Waals surface area contributed by atoms with Crippen LogP contribution in [0.2, 0.25) is 0 Å². The number of nitrogens with one attached hydrogen (secondary N) is 1. The van der Waals surface area contributed by atoms with Gasteiger partial charge in [0.15, 0.2) is 5.82 Å². The normalized spacial score (nSPS) is 21.4. The number of nitrogens with zero attached hydrogens (tertiary/aromatic N) is 3. The van der Waals surface area contributed by atoms with E-state index in [4.69, 9.17) is 9.97 Å². The van der Waals surface area contributed by atoms with E-state index < -0.39 is 0 Å². The Labute approximate surface area is 166 Å². The topological polar surface area (TPSA) is 58.1 Å². The van der Waals surface area contributed by atoms with Gasteiger partial charge in [-0.3, -0.25) is 4.79 Å². The zero-order chi connectivity index (χ0) is 18.9. The third kappa shape index (κ3) is 3.62. The lowest BCUT2D eigenvalue weighted by atomic mass is 9.96. The summed E-state index contributed by atoms with van der Waals surface area (Å²) in [6.07, 6.45) is 7.79. The molecule has 2 fully saturated rings. The first-order valence-corrected chi connectivity index (χ1v) is 10.8. The van der Waals surface area contributed by atoms with Crippen LogP contribution in [0.5, 0.6) is 0 Å². The van der Waals surface area contributed by atoms with Gasteiger partial charge in [-0.25, -0.2) is 9.97 Å². The molecule has 0 spiro atoms. The largest absolute Gasteiger partial charge is 0.356 e. The van der Waals surface area contributed by atoms with Crippen LogP contribution in [0.4, 0.5) is 5.82 Å². The van der Waals surface area contributed by atoms with Crippen LogP contribution in [0.25, 0.3) is 11.4 Å². The number of aryl methyl sites for hydroxylation is 1. The Balaban J connectivity index is 1.40. The zero-order valence-electron chi connectivity index (χ0n) is 16.4. The van der Waals surface area contributed by atoms with Crippen LogP contribution in [0.15, 0.2) is 30.3 Å². The van der Waals surface area contributed by atoms with Crippen molar-refractivity contribution in [2.75, 3.05) is 24.5 Å². The molecule has 3 aliphatic rings. The smallest absolute Gasteiger partial charge is 0.224 e. The Morgan fingerprint density at radius 3 is 2.75 bits per heavy atom. The van der Waals surface area contributed by atoms with Crippen molar-refractivity contribution in [1.82, 2.24) is 15.3 Å². The summed E-state index contributed by atoms with van der Waals surface area (Å²) in [5.41, 5.74) is 3.57. The summed E-state index contributed by atoms with van der Waals surface area (Å²) in [5, 5.41) is 3.18. The molecule has 146 valence electrons. The Morgan fingerprint density at radius 2 is 1.93 bits per heavy atom. The summed E-state index contributed by atoms with van der Waals surface area (Å²) >= 11 is 0. The fourth-order valence-electron chi connectivity index (χ4n) is 4.49. The number of amides is 1. The van der Waals surface area contributed by atoms with Gasteiger partial charge in [0, 0.05) is 36.5 Å². The lowest BCUT2D eigenvalue weighted by Gasteiger charge is -2.34. The Bertz CT molecular complexity index is 862. The Kier molecular flexibility index (Phi) is 4.75. The fourth-order valence-corrected chi connectivity index (χ4v) is 4.49. The molecule has 5 rings (SSSR count). The fraction of sp³-hybridized carbons (Fsp3) is 0.522. The highest BCUT2D eigenvalue weighted by Gasteiger charge is 2.31. The number of aromatic nitrogens is 2. The Morgan fingerprint density at radius 1 is 1.07 bits per heavy atom. The predicted octanol–water partition coefficient (Wildman–Crippen LogP) is 3.37. The van der Waals surface area contributed by atoms with Gasteiger partial charge in [0.1, 0.15) is 5.82 Å². The van der Waals surface area contributed by atoms with Crippen molar-refractivity contribution in [2.24, 2.45) is 11.8 Å². The van der Waals surface area contributed by atoms with Crippen molar-refractivity contribution >= 4 is 11.7 Å². The predicted molar refractivity (Wildman–Crippen MR) is 110 cm³/mol. The first kappa shape index (κ1) is 17.7. The lowest BCUT2D eigenvalue weighted by Crippen LogP contribution is -2.44. The van der Waals surface area contributed by atoms with E-state index in [9.17, 15) is 4.79 Å². The molecule has 2 heterocycles. The maximum Gasteiger partial charge on any atom is 0.224 e. The van der Waals surface area contributed by atoms with Crippen LogP contribution in [0, 0.1) is 11.8 Å². The lowest BCUT2D eigenvalue weighted by molar-refractivity contribution is -0.125. The molecule has 2 aliphatic carbocycles. The molecule has 2 aromatic rings. The van der Waals surface area contributed by atoms with E-state index in [1.54, 1.807) is 0 Å². The van der Waals surface area contributed by atoms with Crippen molar-refractivity contribution in [1.29, 1.82) is 0 Å². The molecule has 5 heteroatoms. The maximum atomic E-state index is 12.7. The van der Waals surface area contributed by atoms with Crippen molar-refractivity contribution in [2.45, 2.75) is 44.9 Å². The standard InChI is InChI=1S/C23H28N4O/c28-23(24-14-16-11-12-16)18-8-5-13-27(15-18)22-19-9-4-10-20(19)25-21(26-22)17-6-2-1-3-7-17/h1-3,6-7,16,18H,4-5,8-15H2,(H,24,28). The third-order valence-corrected chi connectivity index (χ3v) is 6.30. The SMILES string of the molecule is O=C(NCC1CC1)C1CCCN(c2nc(-c3ccccc3)nc3c2CCC3)C1. The Hall–Kier alpha value is -2.43. The van der Waals surface area contributed by atoms with Crippen LogP contribution in [0.3, 0.4) is 0 Å². The molecular weight excluding hydrogens is 348 g/mol. The minimum atomic E-state index is 0.0692. The molecule has 1 aromatic heterocycles. The van der Waals surface area contributed by atoms with E-state index in [1.807, 2.05) is 18.2 Å². The first-order valence-electron chi connectivity index (χ1n) is 10.8. The number of carbonyl (C=O) groups excluding carboxylic acids is 1. The quantitative estimate of drug-likeness (QED) is 0.869. The average Bonchev–Trinajstić information content (AvgIpc) is 3.46. The van der Waals surface area contributed by atoms with Gasteiger partial charge < -0.3 is 10.2 Å². The van der Waals surface area contributed by atoms with E-state index in [1.165, 1.54) is 24.1 Å². The van der Waals surface area contributed by atoms with Gasteiger partial charge in [-0.1, -0.05) is 30.3 Å². The number of benzene rings is 1. The molecule has 1 amide bonds. The van der Waals surface area contributed by atoms with Gasteiger partial charge in [0.2, 0.25) is 5.91 Å². The first-order chi connectivity index (χ1) is 13.8. The summed E-state index contributed by atoms with van der Waals surface area (Å²) in [5.74, 6) is 2.91. The molecule has 1 unspecified atom stereocenters. The van der Waals surface area contributed by atoms with Crippen molar-refractivity contribution in [3.8, 4) is 11.4 Å². The summed E-state index contributed by atoms with van der Waals surface area (Å²) in [7, 11) is 0. The molecule has 5 nitrogen and oxygen atoms in total. The molecule has 1 N–H and O–H groups in total. The van der Waals surface area contributed by atoms with E-state index >= 15 is 0 Å². The van der Waals surface area contributed by atoms with Gasteiger partial charge in [0.25, 0.3) is 0 Å².